The predicted molar refractivity (Wildman–Crippen MR) is 134 cm³/mol. The summed E-state index contributed by atoms with van der Waals surface area (Å²) >= 11 is 0. The third kappa shape index (κ3) is 4.22. The Bertz CT molecular complexity index is 1400. The van der Waals surface area contributed by atoms with Gasteiger partial charge in [0.25, 0.3) is 5.91 Å². The van der Waals surface area contributed by atoms with Crippen molar-refractivity contribution in [2.24, 2.45) is 7.05 Å². The molecule has 0 N–H and O–H groups in total. The fourth-order valence-corrected chi connectivity index (χ4v) is 4.91. The second kappa shape index (κ2) is 9.24. The van der Waals surface area contributed by atoms with E-state index < -0.39 is 0 Å². The molecule has 7 nitrogen and oxygen atoms in total. The number of aromatic nitrogens is 5. The number of nitrogens with zero attached hydrogens (tertiary/aromatic N) is 6. The van der Waals surface area contributed by atoms with E-state index in [0.29, 0.717) is 29.0 Å². The van der Waals surface area contributed by atoms with E-state index in [0.717, 1.165) is 55.0 Å². The van der Waals surface area contributed by atoms with E-state index >= 15 is 4.39 Å². The molecule has 1 aliphatic heterocycles. The summed E-state index contributed by atoms with van der Waals surface area (Å²) in [7, 11) is 1.91. The number of carbonyl (C=O) groups excluding carboxylic acids is 1. The number of rotatable bonds is 4. The van der Waals surface area contributed by atoms with Crippen LogP contribution in [0.5, 0.6) is 0 Å². The van der Waals surface area contributed by atoms with E-state index in [9.17, 15) is 4.79 Å². The maximum Gasteiger partial charge on any atom is 0.272 e. The minimum absolute atomic E-state index is 0.0404. The molecule has 1 saturated heterocycles. The zero-order valence-corrected chi connectivity index (χ0v) is 20.8. The summed E-state index contributed by atoms with van der Waals surface area (Å²) in [4.78, 5) is 24.3. The Kier molecular flexibility index (Phi) is 6.13. The van der Waals surface area contributed by atoms with E-state index in [4.69, 9.17) is 0 Å². The number of hydrogen-bond acceptors (Lipinski definition) is 4. The lowest BCUT2D eigenvalue weighted by Gasteiger charge is -2.27. The smallest absolute Gasteiger partial charge is 0.272 e. The molecule has 4 aromatic rings. The minimum atomic E-state index is -0.363. The summed E-state index contributed by atoms with van der Waals surface area (Å²) in [6.07, 6.45) is 6.75. The topological polar surface area (TPSA) is 68.3 Å². The van der Waals surface area contributed by atoms with Gasteiger partial charge in [0, 0.05) is 42.5 Å². The molecular weight excluding hydrogens is 443 g/mol. The van der Waals surface area contributed by atoms with E-state index in [1.807, 2.05) is 42.5 Å². The van der Waals surface area contributed by atoms with Gasteiger partial charge in [-0.15, -0.1) is 0 Å². The third-order valence-electron chi connectivity index (χ3n) is 7.16. The van der Waals surface area contributed by atoms with Crippen molar-refractivity contribution in [3.8, 4) is 22.5 Å². The fourth-order valence-electron chi connectivity index (χ4n) is 4.91. The summed E-state index contributed by atoms with van der Waals surface area (Å²) in [5, 5.41) is 4.65. The first-order valence-electron chi connectivity index (χ1n) is 12.4. The van der Waals surface area contributed by atoms with Crippen molar-refractivity contribution in [2.45, 2.75) is 58.9 Å². The number of amides is 1. The first-order valence-corrected chi connectivity index (χ1v) is 12.4. The molecule has 5 rings (SSSR count). The molecule has 0 spiro atoms. The lowest BCUT2D eigenvalue weighted by atomic mass is 10.1. The average Bonchev–Trinajstić information content (AvgIpc) is 3.35. The Morgan fingerprint density at radius 2 is 2.00 bits per heavy atom. The SMILES string of the molecule is CCc1cc(C(=O)N2CCCCCC2C)nc2cc(-c3ccc(-c4cnc(C)n4C)cc3F)nn12. The van der Waals surface area contributed by atoms with Crippen LogP contribution >= 0.6 is 0 Å². The van der Waals surface area contributed by atoms with Crippen LogP contribution in [-0.4, -0.2) is 47.5 Å². The van der Waals surface area contributed by atoms with Gasteiger partial charge in [-0.05, 0) is 51.3 Å². The van der Waals surface area contributed by atoms with Gasteiger partial charge in [-0.25, -0.2) is 18.9 Å². The minimum Gasteiger partial charge on any atom is -0.335 e. The summed E-state index contributed by atoms with van der Waals surface area (Å²) in [5.74, 6) is 0.460. The average molecular weight is 475 g/mol. The number of benzene rings is 1. The van der Waals surface area contributed by atoms with Gasteiger partial charge in [0.05, 0.1) is 17.6 Å². The molecule has 182 valence electrons. The number of aryl methyl sites for hydroxylation is 2. The number of carbonyl (C=O) groups is 1. The quantitative estimate of drug-likeness (QED) is 0.407. The first kappa shape index (κ1) is 23.2. The molecule has 1 unspecified atom stereocenters. The van der Waals surface area contributed by atoms with Crippen LogP contribution in [0.2, 0.25) is 0 Å². The summed E-state index contributed by atoms with van der Waals surface area (Å²) in [5.41, 5.74) is 4.34. The molecule has 1 fully saturated rings. The highest BCUT2D eigenvalue weighted by Crippen LogP contribution is 2.29. The van der Waals surface area contributed by atoms with Crippen LogP contribution in [0, 0.1) is 12.7 Å². The fraction of sp³-hybridized carbons (Fsp3) is 0.407. The van der Waals surface area contributed by atoms with E-state index in [1.54, 1.807) is 22.8 Å². The van der Waals surface area contributed by atoms with Gasteiger partial charge in [0.1, 0.15) is 17.3 Å². The maximum absolute atomic E-state index is 15.2. The summed E-state index contributed by atoms with van der Waals surface area (Å²) in [6.45, 7) is 6.80. The molecular formula is C27H31FN6O. The van der Waals surface area contributed by atoms with E-state index in [-0.39, 0.29) is 17.8 Å². The molecule has 1 aromatic carbocycles. The van der Waals surface area contributed by atoms with Crippen molar-refractivity contribution >= 4 is 11.6 Å². The lowest BCUT2D eigenvalue weighted by Crippen LogP contribution is -2.38. The molecule has 35 heavy (non-hydrogen) atoms. The molecule has 0 aliphatic carbocycles. The molecule has 0 radical (unpaired) electrons. The Morgan fingerprint density at radius 1 is 1.17 bits per heavy atom. The highest BCUT2D eigenvalue weighted by Gasteiger charge is 2.25. The number of imidazole rings is 1. The highest BCUT2D eigenvalue weighted by molar-refractivity contribution is 5.93. The van der Waals surface area contributed by atoms with Gasteiger partial charge in [-0.2, -0.15) is 5.10 Å². The lowest BCUT2D eigenvalue weighted by molar-refractivity contribution is 0.0692. The van der Waals surface area contributed by atoms with Crippen molar-refractivity contribution in [1.29, 1.82) is 0 Å². The monoisotopic (exact) mass is 474 g/mol. The van der Waals surface area contributed by atoms with Gasteiger partial charge in [0.15, 0.2) is 5.65 Å². The van der Waals surface area contributed by atoms with Crippen molar-refractivity contribution in [1.82, 2.24) is 29.0 Å². The Labute approximate surface area is 204 Å². The van der Waals surface area contributed by atoms with Crippen LogP contribution in [0.25, 0.3) is 28.2 Å². The molecule has 4 heterocycles. The summed E-state index contributed by atoms with van der Waals surface area (Å²) < 4.78 is 18.9. The van der Waals surface area contributed by atoms with E-state index in [2.05, 4.69) is 22.0 Å². The zero-order chi connectivity index (χ0) is 24.7. The standard InChI is InChI=1S/C27H31FN6O/c1-5-20-14-24(27(35)33-12-8-6-7-9-17(33)2)30-26-15-23(31-34(20)26)21-11-10-19(13-22(21)28)25-16-29-18(3)32(25)4/h10-11,13-17H,5-9,12H2,1-4H3. The van der Waals surface area contributed by atoms with E-state index in [1.165, 1.54) is 6.07 Å². The van der Waals surface area contributed by atoms with Crippen LogP contribution in [0.4, 0.5) is 4.39 Å². The van der Waals surface area contributed by atoms with Gasteiger partial charge in [0.2, 0.25) is 0 Å². The summed E-state index contributed by atoms with van der Waals surface area (Å²) in [6, 6.07) is 8.92. The predicted octanol–water partition coefficient (Wildman–Crippen LogP) is 5.21. The molecule has 1 aliphatic rings. The molecule has 3 aromatic heterocycles. The second-order valence-electron chi connectivity index (χ2n) is 9.43. The first-order chi connectivity index (χ1) is 16.9. The Morgan fingerprint density at radius 3 is 2.71 bits per heavy atom. The zero-order valence-electron chi connectivity index (χ0n) is 20.8. The van der Waals surface area contributed by atoms with Crippen LogP contribution in [-0.2, 0) is 13.5 Å². The number of hydrogen-bond donors (Lipinski definition) is 0. The third-order valence-corrected chi connectivity index (χ3v) is 7.16. The van der Waals surface area contributed by atoms with Gasteiger partial charge >= 0.3 is 0 Å². The number of fused-ring (bicyclic) bond motifs is 1. The van der Waals surface area contributed by atoms with Crippen LogP contribution in [0.3, 0.4) is 0 Å². The molecule has 0 saturated carbocycles. The van der Waals surface area contributed by atoms with Crippen molar-refractivity contribution in [2.75, 3.05) is 6.54 Å². The van der Waals surface area contributed by atoms with Gasteiger partial charge in [-0.1, -0.05) is 25.8 Å². The number of halogens is 1. The second-order valence-corrected chi connectivity index (χ2v) is 9.43. The van der Waals surface area contributed by atoms with Crippen molar-refractivity contribution in [3.63, 3.8) is 0 Å². The van der Waals surface area contributed by atoms with Gasteiger partial charge in [-0.3, -0.25) is 4.79 Å². The molecule has 0 bridgehead atoms. The van der Waals surface area contributed by atoms with Crippen molar-refractivity contribution in [3.05, 3.63) is 59.6 Å². The highest BCUT2D eigenvalue weighted by atomic mass is 19.1. The van der Waals surface area contributed by atoms with Crippen LogP contribution in [0.15, 0.2) is 36.5 Å². The molecule has 1 atom stereocenters. The van der Waals surface area contributed by atoms with Crippen LogP contribution < -0.4 is 0 Å². The molecule has 8 heteroatoms. The Hall–Kier alpha value is -3.55. The normalized spacial score (nSPS) is 16.6. The van der Waals surface area contributed by atoms with Gasteiger partial charge < -0.3 is 9.47 Å². The van der Waals surface area contributed by atoms with Crippen LogP contribution in [0.1, 0.15) is 61.5 Å². The number of likely N-dealkylation sites (tertiary alicyclic amines) is 1. The molecule has 1 amide bonds. The maximum atomic E-state index is 15.2. The Balaban J connectivity index is 1.52. The largest absolute Gasteiger partial charge is 0.335 e. The van der Waals surface area contributed by atoms with Crippen molar-refractivity contribution < 1.29 is 9.18 Å².